The molecule has 6 heteroatoms. The van der Waals surface area contributed by atoms with Crippen LogP contribution in [-0.2, 0) is 19.9 Å². The topological polar surface area (TPSA) is 93.5 Å². The normalized spacial score (nSPS) is 13.3. The number of ether oxygens (including phenoxy) is 1. The van der Waals surface area contributed by atoms with E-state index in [9.17, 15) is 9.59 Å². The van der Waals surface area contributed by atoms with Crippen LogP contribution < -0.4 is 16.4 Å². The van der Waals surface area contributed by atoms with Gasteiger partial charge in [0.05, 0.1) is 6.61 Å². The van der Waals surface area contributed by atoms with Gasteiger partial charge in [0, 0.05) is 26.6 Å². The Balaban J connectivity index is 2.38. The van der Waals surface area contributed by atoms with Crippen LogP contribution in [0.15, 0.2) is 30.3 Å². The van der Waals surface area contributed by atoms with E-state index >= 15 is 0 Å². The Hall–Kier alpha value is -1.92. The summed E-state index contributed by atoms with van der Waals surface area (Å²) in [7, 11) is 1.57. The first-order chi connectivity index (χ1) is 9.98. The van der Waals surface area contributed by atoms with Gasteiger partial charge in [-0.05, 0) is 12.5 Å². The van der Waals surface area contributed by atoms with Crippen LogP contribution in [0.3, 0.4) is 0 Å². The first-order valence-electron chi connectivity index (χ1n) is 6.87. The molecule has 1 atom stereocenters. The zero-order valence-electron chi connectivity index (χ0n) is 12.5. The first kappa shape index (κ1) is 17.1. The van der Waals surface area contributed by atoms with Gasteiger partial charge in [-0.25, -0.2) is 0 Å². The minimum absolute atomic E-state index is 0.134. The van der Waals surface area contributed by atoms with Crippen LogP contribution in [0.1, 0.15) is 18.9 Å². The highest BCUT2D eigenvalue weighted by atomic mass is 16.5. The number of nitrogens with two attached hydrogens (primary N) is 1. The first-order valence-corrected chi connectivity index (χ1v) is 6.87. The highest BCUT2D eigenvalue weighted by molar-refractivity contribution is 5.87. The van der Waals surface area contributed by atoms with E-state index < -0.39 is 5.54 Å². The van der Waals surface area contributed by atoms with Crippen LogP contribution in [0, 0.1) is 0 Å². The molecule has 1 rings (SSSR count). The van der Waals surface area contributed by atoms with Crippen molar-refractivity contribution in [2.24, 2.45) is 5.73 Å². The predicted molar refractivity (Wildman–Crippen MR) is 80.5 cm³/mol. The Labute approximate surface area is 125 Å². The fraction of sp³-hybridized carbons (Fsp3) is 0.467. The maximum absolute atomic E-state index is 12.1. The van der Waals surface area contributed by atoms with Gasteiger partial charge in [-0.15, -0.1) is 0 Å². The second-order valence-electron chi connectivity index (χ2n) is 4.92. The van der Waals surface area contributed by atoms with Crippen LogP contribution in [0.2, 0.25) is 0 Å². The van der Waals surface area contributed by atoms with Crippen molar-refractivity contribution in [3.8, 4) is 0 Å². The Kier molecular flexibility index (Phi) is 6.84. The summed E-state index contributed by atoms with van der Waals surface area (Å²) in [6.07, 6.45) is 0.209. The molecule has 0 aliphatic rings. The molecule has 0 saturated heterocycles. The van der Waals surface area contributed by atoms with E-state index in [1.54, 1.807) is 26.2 Å². The Morgan fingerprint density at radius 2 is 1.86 bits per heavy atom. The maximum Gasteiger partial charge on any atom is 0.244 e. The molecule has 0 fully saturated rings. The number of benzene rings is 1. The summed E-state index contributed by atoms with van der Waals surface area (Å²) in [4.78, 5) is 23.6. The summed E-state index contributed by atoms with van der Waals surface area (Å²) in [5.41, 5.74) is 5.68. The van der Waals surface area contributed by atoms with Gasteiger partial charge in [0.1, 0.15) is 5.54 Å². The Morgan fingerprint density at radius 3 is 2.48 bits per heavy atom. The molecule has 1 aromatic rings. The van der Waals surface area contributed by atoms with Crippen LogP contribution in [0.5, 0.6) is 0 Å². The lowest BCUT2D eigenvalue weighted by molar-refractivity contribution is -0.126. The number of methoxy groups -OCH3 is 1. The van der Waals surface area contributed by atoms with Gasteiger partial charge in [0.25, 0.3) is 0 Å². The van der Waals surface area contributed by atoms with Crippen LogP contribution in [0.4, 0.5) is 0 Å². The van der Waals surface area contributed by atoms with Crippen LogP contribution >= 0.6 is 0 Å². The quantitative estimate of drug-likeness (QED) is 0.594. The van der Waals surface area contributed by atoms with Gasteiger partial charge in [-0.3, -0.25) is 9.59 Å². The van der Waals surface area contributed by atoms with Crippen molar-refractivity contribution in [1.29, 1.82) is 0 Å². The number of amides is 2. The molecule has 1 unspecified atom stereocenters. The van der Waals surface area contributed by atoms with Gasteiger partial charge in [0.15, 0.2) is 0 Å². The number of hydrogen-bond acceptors (Lipinski definition) is 4. The molecule has 2 amide bonds. The summed E-state index contributed by atoms with van der Waals surface area (Å²) in [5.74, 6) is -0.441. The number of carbonyl (C=O) groups excluding carboxylic acids is 2. The third-order valence-corrected chi connectivity index (χ3v) is 3.11. The molecule has 0 radical (unpaired) electrons. The average Bonchev–Trinajstić information content (AvgIpc) is 2.48. The second-order valence-corrected chi connectivity index (χ2v) is 4.92. The van der Waals surface area contributed by atoms with E-state index in [-0.39, 0.29) is 24.8 Å². The van der Waals surface area contributed by atoms with E-state index in [0.717, 1.165) is 5.56 Å². The maximum atomic E-state index is 12.1. The fourth-order valence-electron chi connectivity index (χ4n) is 1.77. The number of rotatable bonds is 8. The fourth-order valence-corrected chi connectivity index (χ4v) is 1.77. The summed E-state index contributed by atoms with van der Waals surface area (Å²) < 4.78 is 4.83. The molecule has 0 aliphatic heterocycles. The van der Waals surface area contributed by atoms with Gasteiger partial charge in [0.2, 0.25) is 11.8 Å². The number of carbonyl (C=O) groups is 2. The highest BCUT2D eigenvalue weighted by Gasteiger charge is 2.29. The molecule has 0 bridgehead atoms. The van der Waals surface area contributed by atoms with Crippen molar-refractivity contribution in [2.45, 2.75) is 18.9 Å². The lowest BCUT2D eigenvalue weighted by atomic mass is 9.92. The van der Waals surface area contributed by atoms with Crippen LogP contribution in [0.25, 0.3) is 0 Å². The Bertz CT molecular complexity index is 460. The molecule has 0 spiro atoms. The largest absolute Gasteiger partial charge is 0.383 e. The molecule has 116 valence electrons. The molecule has 0 aromatic heterocycles. The third kappa shape index (κ3) is 5.53. The minimum Gasteiger partial charge on any atom is -0.383 e. The van der Waals surface area contributed by atoms with E-state index in [0.29, 0.717) is 13.2 Å². The predicted octanol–water partition coefficient (Wildman–Crippen LogP) is 0.129. The highest BCUT2D eigenvalue weighted by Crippen LogP contribution is 2.17. The van der Waals surface area contributed by atoms with E-state index in [1.165, 1.54) is 0 Å². The van der Waals surface area contributed by atoms with Crippen molar-refractivity contribution in [1.82, 2.24) is 10.6 Å². The summed E-state index contributed by atoms with van der Waals surface area (Å²) in [6.45, 7) is 2.82. The zero-order valence-corrected chi connectivity index (χ0v) is 12.5. The zero-order chi connectivity index (χ0) is 15.7. The molecule has 4 N–H and O–H groups in total. The smallest absolute Gasteiger partial charge is 0.244 e. The molecule has 0 aliphatic carbocycles. The minimum atomic E-state index is -1.12. The van der Waals surface area contributed by atoms with Crippen molar-refractivity contribution >= 4 is 11.8 Å². The molecule has 0 heterocycles. The molecule has 21 heavy (non-hydrogen) atoms. The lowest BCUT2D eigenvalue weighted by Gasteiger charge is -2.24. The van der Waals surface area contributed by atoms with Gasteiger partial charge < -0.3 is 21.1 Å². The van der Waals surface area contributed by atoms with Gasteiger partial charge in [-0.2, -0.15) is 0 Å². The van der Waals surface area contributed by atoms with Crippen molar-refractivity contribution in [3.63, 3.8) is 0 Å². The second kappa shape index (κ2) is 8.39. The molecule has 1 aromatic carbocycles. The lowest BCUT2D eigenvalue weighted by Crippen LogP contribution is -2.49. The summed E-state index contributed by atoms with van der Waals surface area (Å²) in [5, 5.41) is 5.37. The third-order valence-electron chi connectivity index (χ3n) is 3.11. The monoisotopic (exact) mass is 293 g/mol. The number of nitrogens with one attached hydrogen (secondary N) is 2. The average molecular weight is 293 g/mol. The molecule has 6 nitrogen and oxygen atoms in total. The molecule has 0 saturated carbocycles. The van der Waals surface area contributed by atoms with Crippen LogP contribution in [-0.4, -0.2) is 38.6 Å². The van der Waals surface area contributed by atoms with E-state index in [4.69, 9.17) is 10.5 Å². The van der Waals surface area contributed by atoms with Crippen molar-refractivity contribution in [3.05, 3.63) is 35.9 Å². The number of hydrogen-bond donors (Lipinski definition) is 3. The van der Waals surface area contributed by atoms with Crippen molar-refractivity contribution < 1.29 is 14.3 Å². The molecular formula is C15H23N3O3. The van der Waals surface area contributed by atoms with E-state index in [1.807, 2.05) is 18.2 Å². The Morgan fingerprint density at radius 1 is 1.19 bits per heavy atom. The SMILES string of the molecule is COCCNC(=O)CCNC(=O)C(C)(N)c1ccccc1. The summed E-state index contributed by atoms with van der Waals surface area (Å²) in [6, 6.07) is 9.13. The van der Waals surface area contributed by atoms with Gasteiger partial charge in [-0.1, -0.05) is 30.3 Å². The summed E-state index contributed by atoms with van der Waals surface area (Å²) >= 11 is 0. The van der Waals surface area contributed by atoms with Crippen molar-refractivity contribution in [2.75, 3.05) is 26.8 Å². The standard InChI is InChI=1S/C15H23N3O3/c1-15(16,12-6-4-3-5-7-12)14(20)18-9-8-13(19)17-10-11-21-2/h3-7H,8-11,16H2,1-2H3,(H,17,19)(H,18,20). The van der Waals surface area contributed by atoms with Gasteiger partial charge >= 0.3 is 0 Å². The van der Waals surface area contributed by atoms with E-state index in [2.05, 4.69) is 10.6 Å². The molecular weight excluding hydrogens is 270 g/mol.